The molecule has 4 heteroatoms. The van der Waals surface area contributed by atoms with Crippen molar-refractivity contribution in [1.82, 2.24) is 9.97 Å². The van der Waals surface area contributed by atoms with Gasteiger partial charge in [-0.1, -0.05) is 25.1 Å². The summed E-state index contributed by atoms with van der Waals surface area (Å²) in [6, 6.07) is 10.2. The number of nitrogens with zero attached hydrogens (tertiary/aromatic N) is 1. The second-order valence-corrected chi connectivity index (χ2v) is 5.52. The predicted molar refractivity (Wildman–Crippen MR) is 89.1 cm³/mol. The lowest BCUT2D eigenvalue weighted by Crippen LogP contribution is -2.30. The Labute approximate surface area is 130 Å². The molecule has 0 amide bonds. The zero-order valence-corrected chi connectivity index (χ0v) is 12.8. The minimum absolute atomic E-state index is 0.0514. The molecule has 3 rings (SSSR count). The zero-order valence-electron chi connectivity index (χ0n) is 12.8. The first-order valence-electron chi connectivity index (χ1n) is 7.63. The highest BCUT2D eigenvalue weighted by molar-refractivity contribution is 5.83. The van der Waals surface area contributed by atoms with Crippen molar-refractivity contribution in [3.05, 3.63) is 60.0 Å². The number of rotatable bonds is 6. The maximum absolute atomic E-state index is 6.22. The lowest BCUT2D eigenvalue weighted by molar-refractivity contribution is 0.286. The molecule has 1 aromatic carbocycles. The van der Waals surface area contributed by atoms with E-state index in [1.54, 1.807) is 6.20 Å². The number of H-pyrrole nitrogens is 1. The molecule has 3 aromatic rings. The SMILES string of the molecule is CCc1cncc(OC[C@H](N)Cc2c[nH]c3ccccc23)c1. The summed E-state index contributed by atoms with van der Waals surface area (Å²) >= 11 is 0. The van der Waals surface area contributed by atoms with Crippen molar-refractivity contribution in [3.8, 4) is 5.75 Å². The molecule has 0 bridgehead atoms. The van der Waals surface area contributed by atoms with E-state index < -0.39 is 0 Å². The number of aromatic nitrogens is 2. The van der Waals surface area contributed by atoms with Gasteiger partial charge in [0.1, 0.15) is 12.4 Å². The van der Waals surface area contributed by atoms with Gasteiger partial charge in [-0.25, -0.2) is 0 Å². The third-order valence-corrected chi connectivity index (χ3v) is 3.80. The number of benzene rings is 1. The second-order valence-electron chi connectivity index (χ2n) is 5.52. The first kappa shape index (κ1) is 14.6. The van der Waals surface area contributed by atoms with E-state index in [0.717, 1.165) is 24.1 Å². The van der Waals surface area contributed by atoms with Crippen LogP contribution in [0.15, 0.2) is 48.9 Å². The van der Waals surface area contributed by atoms with Crippen LogP contribution in [0, 0.1) is 0 Å². The summed E-state index contributed by atoms with van der Waals surface area (Å²) in [7, 11) is 0. The number of fused-ring (bicyclic) bond motifs is 1. The van der Waals surface area contributed by atoms with Crippen molar-refractivity contribution in [2.24, 2.45) is 5.73 Å². The Balaban J connectivity index is 1.61. The summed E-state index contributed by atoms with van der Waals surface area (Å²) in [6.07, 6.45) is 7.36. The molecule has 0 aliphatic heterocycles. The molecule has 4 nitrogen and oxygen atoms in total. The van der Waals surface area contributed by atoms with Crippen LogP contribution in [0.4, 0.5) is 0 Å². The fourth-order valence-corrected chi connectivity index (χ4v) is 2.58. The molecule has 0 spiro atoms. The number of pyridine rings is 1. The van der Waals surface area contributed by atoms with E-state index in [1.807, 2.05) is 30.6 Å². The molecular formula is C18H21N3O. The molecular weight excluding hydrogens is 274 g/mol. The third kappa shape index (κ3) is 3.28. The van der Waals surface area contributed by atoms with E-state index in [-0.39, 0.29) is 6.04 Å². The Morgan fingerprint density at radius 3 is 3.00 bits per heavy atom. The number of nitrogens with one attached hydrogen (secondary N) is 1. The van der Waals surface area contributed by atoms with Gasteiger partial charge in [0.25, 0.3) is 0 Å². The van der Waals surface area contributed by atoms with Gasteiger partial charge in [0.2, 0.25) is 0 Å². The number of para-hydroxylation sites is 1. The Hall–Kier alpha value is -2.33. The first-order chi connectivity index (χ1) is 10.8. The third-order valence-electron chi connectivity index (χ3n) is 3.80. The maximum Gasteiger partial charge on any atom is 0.137 e. The predicted octanol–water partition coefficient (Wildman–Crippen LogP) is 3.07. The Morgan fingerprint density at radius 1 is 1.27 bits per heavy atom. The van der Waals surface area contributed by atoms with Crippen molar-refractivity contribution in [2.75, 3.05) is 6.61 Å². The lowest BCUT2D eigenvalue weighted by Gasteiger charge is -2.13. The van der Waals surface area contributed by atoms with Gasteiger partial charge >= 0.3 is 0 Å². The van der Waals surface area contributed by atoms with Crippen LogP contribution in [0.25, 0.3) is 10.9 Å². The standard InChI is InChI=1S/C18H21N3O/c1-2-13-7-16(11-20-9-13)22-12-15(19)8-14-10-21-18-6-4-3-5-17(14)18/h3-7,9-11,15,21H,2,8,12,19H2,1H3/t15-/m1/s1. The topological polar surface area (TPSA) is 63.9 Å². The molecule has 0 fully saturated rings. The van der Waals surface area contributed by atoms with Crippen molar-refractivity contribution >= 4 is 10.9 Å². The van der Waals surface area contributed by atoms with Crippen LogP contribution in [0.2, 0.25) is 0 Å². The fourth-order valence-electron chi connectivity index (χ4n) is 2.58. The van der Waals surface area contributed by atoms with Gasteiger partial charge in [0.05, 0.1) is 6.20 Å². The second kappa shape index (κ2) is 6.62. The number of hydrogen-bond acceptors (Lipinski definition) is 3. The molecule has 3 N–H and O–H groups in total. The number of hydrogen-bond donors (Lipinski definition) is 2. The highest BCUT2D eigenvalue weighted by atomic mass is 16.5. The Bertz CT molecular complexity index is 751. The van der Waals surface area contributed by atoms with E-state index in [0.29, 0.717) is 6.61 Å². The summed E-state index contributed by atoms with van der Waals surface area (Å²) in [5.41, 5.74) is 9.76. The largest absolute Gasteiger partial charge is 0.490 e. The number of aromatic amines is 1. The minimum Gasteiger partial charge on any atom is -0.490 e. The zero-order chi connectivity index (χ0) is 15.4. The van der Waals surface area contributed by atoms with Crippen LogP contribution in [-0.4, -0.2) is 22.6 Å². The smallest absolute Gasteiger partial charge is 0.137 e. The molecule has 0 saturated heterocycles. The average Bonchev–Trinajstić information content (AvgIpc) is 2.96. The molecule has 1 atom stereocenters. The summed E-state index contributed by atoms with van der Waals surface area (Å²) in [5.74, 6) is 0.786. The highest BCUT2D eigenvalue weighted by Crippen LogP contribution is 2.19. The average molecular weight is 295 g/mol. The summed E-state index contributed by atoms with van der Waals surface area (Å²) in [6.45, 7) is 2.58. The Morgan fingerprint density at radius 2 is 2.14 bits per heavy atom. The van der Waals surface area contributed by atoms with Crippen molar-refractivity contribution < 1.29 is 4.74 Å². The summed E-state index contributed by atoms with van der Waals surface area (Å²) in [5, 5.41) is 1.23. The van der Waals surface area contributed by atoms with Crippen LogP contribution in [0.1, 0.15) is 18.1 Å². The normalized spacial score (nSPS) is 12.5. The van der Waals surface area contributed by atoms with E-state index in [9.17, 15) is 0 Å². The number of aryl methyl sites for hydroxylation is 1. The molecule has 0 radical (unpaired) electrons. The number of ether oxygens (including phenoxy) is 1. The monoisotopic (exact) mass is 295 g/mol. The van der Waals surface area contributed by atoms with Gasteiger partial charge in [-0.2, -0.15) is 0 Å². The lowest BCUT2D eigenvalue weighted by atomic mass is 10.1. The summed E-state index contributed by atoms with van der Waals surface area (Å²) in [4.78, 5) is 7.46. The van der Waals surface area contributed by atoms with Gasteiger partial charge in [-0.15, -0.1) is 0 Å². The van der Waals surface area contributed by atoms with Gasteiger partial charge in [-0.05, 0) is 36.1 Å². The van der Waals surface area contributed by atoms with Crippen molar-refractivity contribution in [1.29, 1.82) is 0 Å². The van der Waals surface area contributed by atoms with Crippen LogP contribution in [0.3, 0.4) is 0 Å². The highest BCUT2D eigenvalue weighted by Gasteiger charge is 2.09. The van der Waals surface area contributed by atoms with Crippen LogP contribution < -0.4 is 10.5 Å². The van der Waals surface area contributed by atoms with E-state index in [2.05, 4.69) is 29.0 Å². The van der Waals surface area contributed by atoms with Gasteiger partial charge < -0.3 is 15.5 Å². The fraction of sp³-hybridized carbons (Fsp3) is 0.278. The molecule has 0 aliphatic rings. The van der Waals surface area contributed by atoms with Crippen molar-refractivity contribution in [2.45, 2.75) is 25.8 Å². The number of nitrogens with two attached hydrogens (primary N) is 1. The quantitative estimate of drug-likeness (QED) is 0.734. The minimum atomic E-state index is -0.0514. The van der Waals surface area contributed by atoms with Gasteiger partial charge in [-0.3, -0.25) is 4.98 Å². The van der Waals surface area contributed by atoms with Gasteiger partial charge in [0.15, 0.2) is 0 Å². The van der Waals surface area contributed by atoms with Crippen LogP contribution >= 0.6 is 0 Å². The van der Waals surface area contributed by atoms with E-state index in [4.69, 9.17) is 10.5 Å². The maximum atomic E-state index is 6.22. The first-order valence-corrected chi connectivity index (χ1v) is 7.63. The van der Waals surface area contributed by atoms with E-state index in [1.165, 1.54) is 16.5 Å². The molecule has 0 saturated carbocycles. The molecule has 2 heterocycles. The molecule has 114 valence electrons. The van der Waals surface area contributed by atoms with Crippen LogP contribution in [0.5, 0.6) is 5.75 Å². The Kier molecular flexibility index (Phi) is 4.39. The van der Waals surface area contributed by atoms with Crippen LogP contribution in [-0.2, 0) is 12.8 Å². The molecule has 0 unspecified atom stereocenters. The van der Waals surface area contributed by atoms with Gasteiger partial charge in [0, 0.05) is 29.3 Å². The molecule has 22 heavy (non-hydrogen) atoms. The summed E-state index contributed by atoms with van der Waals surface area (Å²) < 4.78 is 5.77. The van der Waals surface area contributed by atoms with E-state index >= 15 is 0 Å². The molecule has 2 aromatic heterocycles. The molecule has 0 aliphatic carbocycles. The van der Waals surface area contributed by atoms with Crippen molar-refractivity contribution in [3.63, 3.8) is 0 Å².